The molecule has 1 rings (SSSR count). The Morgan fingerprint density at radius 1 is 1.50 bits per heavy atom. The molecule has 1 aromatic rings. The lowest BCUT2D eigenvalue weighted by Crippen LogP contribution is -2.26. The van der Waals surface area contributed by atoms with Gasteiger partial charge in [0.2, 0.25) is 0 Å². The number of aryl methyl sites for hydroxylation is 1. The molecule has 0 aliphatic rings. The van der Waals surface area contributed by atoms with Crippen LogP contribution in [-0.2, 0) is 16.1 Å². The van der Waals surface area contributed by atoms with Crippen molar-refractivity contribution in [1.82, 2.24) is 4.57 Å². The van der Waals surface area contributed by atoms with E-state index in [-0.39, 0.29) is 18.1 Å². The average molecular weight is 223 g/mol. The Labute approximate surface area is 94.9 Å². The standard InChI is InChI=1S/C12H17NO3/c1-9(2)8-16-11(14)7-13-6-4-5-10(3)12(13)15/h4-6,9H,7-8H2,1-3H3. The molecule has 0 aliphatic carbocycles. The van der Waals surface area contributed by atoms with Crippen molar-refractivity contribution >= 4 is 5.97 Å². The molecule has 0 bridgehead atoms. The predicted molar refractivity (Wildman–Crippen MR) is 61.2 cm³/mol. The molecule has 0 atom stereocenters. The lowest BCUT2D eigenvalue weighted by Gasteiger charge is -2.08. The average Bonchev–Trinajstić information content (AvgIpc) is 2.22. The number of ether oxygens (including phenoxy) is 1. The topological polar surface area (TPSA) is 48.3 Å². The van der Waals surface area contributed by atoms with Gasteiger partial charge in [-0.05, 0) is 18.9 Å². The van der Waals surface area contributed by atoms with Crippen molar-refractivity contribution < 1.29 is 9.53 Å². The van der Waals surface area contributed by atoms with Gasteiger partial charge in [-0.15, -0.1) is 0 Å². The zero-order valence-electron chi connectivity index (χ0n) is 9.90. The van der Waals surface area contributed by atoms with E-state index in [9.17, 15) is 9.59 Å². The van der Waals surface area contributed by atoms with E-state index in [4.69, 9.17) is 4.74 Å². The third kappa shape index (κ3) is 3.53. The summed E-state index contributed by atoms with van der Waals surface area (Å²) in [6.45, 7) is 6.02. The van der Waals surface area contributed by atoms with Gasteiger partial charge in [0.25, 0.3) is 5.56 Å². The van der Waals surface area contributed by atoms with Crippen LogP contribution in [0.4, 0.5) is 0 Å². The minimum atomic E-state index is -0.374. The van der Waals surface area contributed by atoms with E-state index >= 15 is 0 Å². The van der Waals surface area contributed by atoms with Gasteiger partial charge in [-0.2, -0.15) is 0 Å². The lowest BCUT2D eigenvalue weighted by atomic mass is 10.2. The van der Waals surface area contributed by atoms with Gasteiger partial charge < -0.3 is 9.30 Å². The molecule has 0 saturated carbocycles. The molecular formula is C12H17NO3. The summed E-state index contributed by atoms with van der Waals surface area (Å²) in [6.07, 6.45) is 1.59. The highest BCUT2D eigenvalue weighted by molar-refractivity contribution is 5.69. The number of esters is 1. The molecule has 1 aromatic heterocycles. The molecule has 0 spiro atoms. The molecule has 4 heteroatoms. The number of hydrogen-bond acceptors (Lipinski definition) is 3. The van der Waals surface area contributed by atoms with Crippen LogP contribution in [-0.4, -0.2) is 17.1 Å². The Morgan fingerprint density at radius 3 is 2.81 bits per heavy atom. The fraction of sp³-hybridized carbons (Fsp3) is 0.500. The number of rotatable bonds is 4. The number of carbonyl (C=O) groups excluding carboxylic acids is 1. The highest BCUT2D eigenvalue weighted by Crippen LogP contribution is 1.95. The molecule has 0 unspecified atom stereocenters. The zero-order chi connectivity index (χ0) is 12.1. The van der Waals surface area contributed by atoms with Crippen LogP contribution in [0.5, 0.6) is 0 Å². The van der Waals surface area contributed by atoms with Crippen LogP contribution in [0.3, 0.4) is 0 Å². The van der Waals surface area contributed by atoms with Crippen LogP contribution in [0.1, 0.15) is 19.4 Å². The van der Waals surface area contributed by atoms with Gasteiger partial charge in [0.05, 0.1) is 6.61 Å². The van der Waals surface area contributed by atoms with Crippen molar-refractivity contribution in [2.75, 3.05) is 6.61 Å². The van der Waals surface area contributed by atoms with Crippen LogP contribution in [0.15, 0.2) is 23.1 Å². The fourth-order valence-electron chi connectivity index (χ4n) is 1.23. The lowest BCUT2D eigenvalue weighted by molar-refractivity contribution is -0.145. The second kappa shape index (κ2) is 5.49. The Hall–Kier alpha value is -1.58. The maximum atomic E-state index is 11.6. The van der Waals surface area contributed by atoms with E-state index in [2.05, 4.69) is 0 Å². The first-order valence-corrected chi connectivity index (χ1v) is 5.32. The SMILES string of the molecule is Cc1cccn(CC(=O)OCC(C)C)c1=O. The molecule has 0 N–H and O–H groups in total. The van der Waals surface area contributed by atoms with Crippen LogP contribution >= 0.6 is 0 Å². The number of pyridine rings is 1. The van der Waals surface area contributed by atoms with Crippen LogP contribution < -0.4 is 5.56 Å². The minimum Gasteiger partial charge on any atom is -0.464 e. The first-order valence-electron chi connectivity index (χ1n) is 5.32. The van der Waals surface area contributed by atoms with Gasteiger partial charge in [0, 0.05) is 11.8 Å². The van der Waals surface area contributed by atoms with Crippen molar-refractivity contribution in [3.05, 3.63) is 34.2 Å². The third-order valence-electron chi connectivity index (χ3n) is 2.09. The van der Waals surface area contributed by atoms with E-state index in [1.54, 1.807) is 25.3 Å². The second-order valence-electron chi connectivity index (χ2n) is 4.20. The molecule has 0 saturated heterocycles. The van der Waals surface area contributed by atoms with E-state index in [0.29, 0.717) is 18.1 Å². The van der Waals surface area contributed by atoms with E-state index in [0.717, 1.165) is 0 Å². The van der Waals surface area contributed by atoms with Crippen molar-refractivity contribution in [3.8, 4) is 0 Å². The number of aromatic nitrogens is 1. The largest absolute Gasteiger partial charge is 0.464 e. The smallest absolute Gasteiger partial charge is 0.326 e. The molecular weight excluding hydrogens is 206 g/mol. The molecule has 1 heterocycles. The normalized spacial score (nSPS) is 10.5. The van der Waals surface area contributed by atoms with Crippen molar-refractivity contribution in [1.29, 1.82) is 0 Å². The van der Waals surface area contributed by atoms with Gasteiger partial charge in [0.15, 0.2) is 0 Å². The van der Waals surface area contributed by atoms with E-state index in [1.807, 2.05) is 13.8 Å². The highest BCUT2D eigenvalue weighted by Gasteiger charge is 2.07. The maximum absolute atomic E-state index is 11.6. The van der Waals surface area contributed by atoms with Crippen molar-refractivity contribution in [2.45, 2.75) is 27.3 Å². The molecule has 0 aliphatic heterocycles. The van der Waals surface area contributed by atoms with Crippen LogP contribution in [0.2, 0.25) is 0 Å². The molecule has 88 valence electrons. The number of carbonyl (C=O) groups is 1. The highest BCUT2D eigenvalue weighted by atomic mass is 16.5. The fourth-order valence-corrected chi connectivity index (χ4v) is 1.23. The van der Waals surface area contributed by atoms with Gasteiger partial charge in [-0.1, -0.05) is 19.9 Å². The summed E-state index contributed by atoms with van der Waals surface area (Å²) in [5.74, 6) is -0.0698. The van der Waals surface area contributed by atoms with Crippen molar-refractivity contribution in [2.24, 2.45) is 5.92 Å². The summed E-state index contributed by atoms with van der Waals surface area (Å²) < 4.78 is 6.36. The Kier molecular flexibility index (Phi) is 4.28. The zero-order valence-corrected chi connectivity index (χ0v) is 9.90. The molecule has 0 amide bonds. The summed E-state index contributed by atoms with van der Waals surface area (Å²) in [6, 6.07) is 3.46. The molecule has 16 heavy (non-hydrogen) atoms. The van der Waals surface area contributed by atoms with Gasteiger partial charge in [-0.3, -0.25) is 9.59 Å². The van der Waals surface area contributed by atoms with Gasteiger partial charge in [0.1, 0.15) is 6.54 Å². The number of hydrogen-bond donors (Lipinski definition) is 0. The first-order chi connectivity index (χ1) is 7.50. The molecule has 0 aromatic carbocycles. The van der Waals surface area contributed by atoms with Gasteiger partial charge in [-0.25, -0.2) is 0 Å². The van der Waals surface area contributed by atoms with Crippen LogP contribution in [0.25, 0.3) is 0 Å². The molecule has 0 fully saturated rings. The summed E-state index contributed by atoms with van der Waals surface area (Å²) >= 11 is 0. The van der Waals surface area contributed by atoms with E-state index < -0.39 is 0 Å². The monoisotopic (exact) mass is 223 g/mol. The summed E-state index contributed by atoms with van der Waals surface area (Å²) in [5.41, 5.74) is 0.475. The van der Waals surface area contributed by atoms with Crippen LogP contribution in [0, 0.1) is 12.8 Å². The van der Waals surface area contributed by atoms with Crippen molar-refractivity contribution in [3.63, 3.8) is 0 Å². The molecule has 4 nitrogen and oxygen atoms in total. The minimum absolute atomic E-state index is 0.0206. The third-order valence-corrected chi connectivity index (χ3v) is 2.09. The maximum Gasteiger partial charge on any atom is 0.326 e. The number of nitrogens with zero attached hydrogens (tertiary/aromatic N) is 1. The summed E-state index contributed by atoms with van der Waals surface area (Å²) in [4.78, 5) is 23.0. The predicted octanol–water partition coefficient (Wildman–Crippen LogP) is 1.36. The second-order valence-corrected chi connectivity index (χ2v) is 4.20. The van der Waals surface area contributed by atoms with Gasteiger partial charge >= 0.3 is 5.97 Å². The molecule has 0 radical (unpaired) electrons. The van der Waals surface area contributed by atoms with E-state index in [1.165, 1.54) is 4.57 Å². The Bertz CT molecular complexity index is 421. The summed E-state index contributed by atoms with van der Waals surface area (Å²) in [5, 5.41) is 0. The quantitative estimate of drug-likeness (QED) is 0.724. The first kappa shape index (κ1) is 12.5. The Balaban J connectivity index is 2.63. The Morgan fingerprint density at radius 2 is 2.19 bits per heavy atom. The summed E-state index contributed by atoms with van der Waals surface area (Å²) in [7, 11) is 0.